The van der Waals surface area contributed by atoms with Crippen LogP contribution in [0.2, 0.25) is 0 Å². The number of hydrogen-bond acceptors (Lipinski definition) is 5. The van der Waals surface area contributed by atoms with Crippen molar-refractivity contribution in [3.05, 3.63) is 0 Å². The van der Waals surface area contributed by atoms with Crippen LogP contribution in [0.3, 0.4) is 0 Å². The van der Waals surface area contributed by atoms with Crippen molar-refractivity contribution in [2.75, 3.05) is 13.1 Å². The molecule has 1 radical (unpaired) electrons. The Morgan fingerprint density at radius 3 is 1.53 bits per heavy atom. The van der Waals surface area contributed by atoms with Gasteiger partial charge >= 0.3 is 40.9 Å². The number of carboxylic acids is 4. The molecule has 1 atom stereocenters. The normalized spacial score (nSPS) is 11.4. The van der Waals surface area contributed by atoms with Crippen LogP contribution in [0, 0.1) is 0 Å². The van der Waals surface area contributed by atoms with Gasteiger partial charge in [0.1, 0.15) is 6.04 Å². The molecule has 0 rings (SSSR count). The molecule has 111 valence electrons. The molecule has 0 saturated carbocycles. The molecule has 0 spiro atoms. The Kier molecular flexibility index (Phi) is 9.65. The number of rotatable bonds is 9. The van der Waals surface area contributed by atoms with Crippen molar-refractivity contribution < 1.29 is 56.7 Å². The smallest absolute Gasteiger partial charge is 0.481 e. The van der Waals surface area contributed by atoms with Crippen molar-refractivity contribution in [3.8, 4) is 0 Å². The Morgan fingerprint density at radius 1 is 0.842 bits per heavy atom. The number of carboxylic acid groups (broad SMARTS) is 4. The van der Waals surface area contributed by atoms with Gasteiger partial charge in [0.25, 0.3) is 0 Å². The predicted molar refractivity (Wildman–Crippen MR) is 55.1 cm³/mol. The fourth-order valence-corrected chi connectivity index (χ4v) is 1.35. The molecular formula is C9H13CuNO8+2. The fourth-order valence-electron chi connectivity index (χ4n) is 1.35. The summed E-state index contributed by atoms with van der Waals surface area (Å²) in [6.45, 7) is -1.58. The van der Waals surface area contributed by atoms with Crippen molar-refractivity contribution in [2.24, 2.45) is 0 Å². The third-order valence-corrected chi connectivity index (χ3v) is 2.03. The molecule has 4 N–H and O–H groups in total. The van der Waals surface area contributed by atoms with Gasteiger partial charge in [-0.25, -0.2) is 0 Å². The summed E-state index contributed by atoms with van der Waals surface area (Å²) in [7, 11) is 0. The molecule has 0 aliphatic heterocycles. The van der Waals surface area contributed by atoms with Crippen molar-refractivity contribution >= 4 is 23.9 Å². The molecule has 0 saturated heterocycles. The Bertz CT molecular complexity index is 342. The Balaban J connectivity index is 0. The average molecular weight is 327 g/mol. The monoisotopic (exact) mass is 326 g/mol. The molecule has 10 heteroatoms. The Hall–Kier alpha value is -1.64. The summed E-state index contributed by atoms with van der Waals surface area (Å²) in [5.74, 6) is -5.48. The zero-order valence-electron chi connectivity index (χ0n) is 9.58. The van der Waals surface area contributed by atoms with Crippen molar-refractivity contribution in [2.45, 2.75) is 18.9 Å². The summed E-state index contributed by atoms with van der Waals surface area (Å²) < 4.78 is 0. The van der Waals surface area contributed by atoms with Crippen LogP contribution in [0.25, 0.3) is 0 Å². The van der Waals surface area contributed by atoms with Gasteiger partial charge in [-0.1, -0.05) is 0 Å². The first-order valence-electron chi connectivity index (χ1n) is 4.86. The van der Waals surface area contributed by atoms with E-state index < -0.39 is 49.4 Å². The zero-order valence-corrected chi connectivity index (χ0v) is 10.5. The van der Waals surface area contributed by atoms with E-state index in [1.807, 2.05) is 0 Å². The van der Waals surface area contributed by atoms with E-state index in [4.69, 9.17) is 20.4 Å². The molecule has 0 aliphatic carbocycles. The van der Waals surface area contributed by atoms with Crippen molar-refractivity contribution in [1.29, 1.82) is 0 Å². The summed E-state index contributed by atoms with van der Waals surface area (Å²) in [6.07, 6.45) is -0.863. The molecule has 0 heterocycles. The van der Waals surface area contributed by atoms with Gasteiger partial charge in [-0.15, -0.1) is 0 Å². The molecule has 0 amide bonds. The number of hydrogen-bond donors (Lipinski definition) is 4. The minimum absolute atomic E-state index is 0. The van der Waals surface area contributed by atoms with E-state index in [1.165, 1.54) is 0 Å². The van der Waals surface area contributed by atoms with E-state index in [2.05, 4.69) is 0 Å². The second-order valence-corrected chi connectivity index (χ2v) is 3.48. The van der Waals surface area contributed by atoms with E-state index in [1.54, 1.807) is 0 Å². The maximum absolute atomic E-state index is 10.9. The summed E-state index contributed by atoms with van der Waals surface area (Å²) >= 11 is 0. The second-order valence-electron chi connectivity index (χ2n) is 3.48. The summed E-state index contributed by atoms with van der Waals surface area (Å²) in [6, 6.07) is -1.46. The van der Waals surface area contributed by atoms with Crippen LogP contribution in [0.5, 0.6) is 0 Å². The SMILES string of the molecule is O=C(O)CCC(C(=O)O)N(CC(=O)O)CC(=O)O.[Cu+2]. The predicted octanol–water partition coefficient (Wildman–Crippen LogP) is -1.23. The van der Waals surface area contributed by atoms with Gasteiger partial charge in [0.15, 0.2) is 0 Å². The van der Waals surface area contributed by atoms with Crippen LogP contribution >= 0.6 is 0 Å². The maximum atomic E-state index is 10.9. The summed E-state index contributed by atoms with van der Waals surface area (Å²) in [4.78, 5) is 43.0. The van der Waals surface area contributed by atoms with Crippen LogP contribution < -0.4 is 0 Å². The third-order valence-electron chi connectivity index (χ3n) is 2.03. The Morgan fingerprint density at radius 2 is 1.26 bits per heavy atom. The van der Waals surface area contributed by atoms with E-state index in [9.17, 15) is 19.2 Å². The second kappa shape index (κ2) is 9.31. The fraction of sp³-hybridized carbons (Fsp3) is 0.556. The van der Waals surface area contributed by atoms with Crippen LogP contribution in [0.4, 0.5) is 0 Å². The zero-order chi connectivity index (χ0) is 14.3. The molecule has 0 fully saturated rings. The molecular weight excluding hydrogens is 314 g/mol. The number of aliphatic carboxylic acids is 4. The first-order valence-corrected chi connectivity index (χ1v) is 4.86. The van der Waals surface area contributed by atoms with E-state index in [-0.39, 0.29) is 23.5 Å². The average Bonchev–Trinajstić information content (AvgIpc) is 2.14. The molecule has 1 unspecified atom stereocenters. The van der Waals surface area contributed by atoms with E-state index >= 15 is 0 Å². The maximum Gasteiger partial charge on any atom is 2.00 e. The first kappa shape index (κ1) is 19.7. The third kappa shape index (κ3) is 9.00. The van der Waals surface area contributed by atoms with Crippen LogP contribution in [-0.2, 0) is 36.2 Å². The molecule has 0 aromatic carbocycles. The number of carbonyl (C=O) groups is 4. The topological polar surface area (TPSA) is 152 Å². The minimum atomic E-state index is -1.46. The van der Waals surface area contributed by atoms with Gasteiger partial charge in [0.2, 0.25) is 0 Å². The minimum Gasteiger partial charge on any atom is -0.481 e. The molecule has 0 aromatic rings. The first-order chi connectivity index (χ1) is 8.23. The molecule has 0 aromatic heterocycles. The summed E-state index contributed by atoms with van der Waals surface area (Å²) in [5.41, 5.74) is 0. The standard InChI is InChI=1S/C9H13NO8.Cu/c11-6(12)2-1-5(9(17)18)10(3-7(13)14)4-8(15)16;/h5H,1-4H2,(H,11,12)(H,13,14)(H,15,16)(H,17,18);/q;+2. The van der Waals surface area contributed by atoms with Crippen LogP contribution in [0.15, 0.2) is 0 Å². The van der Waals surface area contributed by atoms with Gasteiger partial charge in [-0.3, -0.25) is 24.1 Å². The molecule has 0 bridgehead atoms. The molecule has 9 nitrogen and oxygen atoms in total. The summed E-state index contributed by atoms with van der Waals surface area (Å²) in [5, 5.41) is 34.4. The largest absolute Gasteiger partial charge is 2.00 e. The van der Waals surface area contributed by atoms with Gasteiger partial charge in [0, 0.05) is 6.42 Å². The quantitative estimate of drug-likeness (QED) is 0.381. The van der Waals surface area contributed by atoms with Crippen LogP contribution in [0.1, 0.15) is 12.8 Å². The van der Waals surface area contributed by atoms with Crippen molar-refractivity contribution in [1.82, 2.24) is 4.90 Å². The molecule has 0 aliphatic rings. The van der Waals surface area contributed by atoms with E-state index in [0.29, 0.717) is 4.90 Å². The Labute approximate surface area is 118 Å². The van der Waals surface area contributed by atoms with E-state index in [0.717, 1.165) is 0 Å². The van der Waals surface area contributed by atoms with Gasteiger partial charge in [-0.05, 0) is 6.42 Å². The van der Waals surface area contributed by atoms with Crippen LogP contribution in [-0.4, -0.2) is 68.3 Å². The van der Waals surface area contributed by atoms with Gasteiger partial charge < -0.3 is 20.4 Å². The number of nitrogens with zero attached hydrogens (tertiary/aromatic N) is 1. The van der Waals surface area contributed by atoms with Gasteiger partial charge in [-0.2, -0.15) is 0 Å². The molecule has 19 heavy (non-hydrogen) atoms. The van der Waals surface area contributed by atoms with Crippen molar-refractivity contribution in [3.63, 3.8) is 0 Å². The van der Waals surface area contributed by atoms with Gasteiger partial charge in [0.05, 0.1) is 13.1 Å².